The van der Waals surface area contributed by atoms with Crippen molar-refractivity contribution in [3.63, 3.8) is 0 Å². The molecule has 1 fully saturated rings. The standard InChI is InChI=1S/C13H17ClN2O3S/c1-9(13(17)15-11-5-6-11)16(20(2,18)19)12-7-3-10(14)4-8-12/h3-4,7-9,11H,5-6H2,1-2H3,(H,15,17)/t9-/m0/s1. The molecule has 1 aromatic rings. The molecule has 1 aliphatic rings. The van der Waals surface area contributed by atoms with E-state index in [2.05, 4.69) is 5.32 Å². The first-order valence-corrected chi connectivity index (χ1v) is 8.57. The molecule has 0 spiro atoms. The number of rotatable bonds is 5. The number of benzene rings is 1. The number of nitrogens with one attached hydrogen (secondary N) is 1. The first-order chi connectivity index (χ1) is 9.29. The van der Waals surface area contributed by atoms with Crippen molar-refractivity contribution in [2.45, 2.75) is 31.8 Å². The molecule has 20 heavy (non-hydrogen) atoms. The van der Waals surface area contributed by atoms with Crippen LogP contribution in [0.25, 0.3) is 0 Å². The van der Waals surface area contributed by atoms with E-state index in [0.717, 1.165) is 23.4 Å². The number of hydrogen-bond acceptors (Lipinski definition) is 3. The van der Waals surface area contributed by atoms with Crippen molar-refractivity contribution >= 4 is 33.2 Å². The van der Waals surface area contributed by atoms with Gasteiger partial charge in [0.25, 0.3) is 0 Å². The molecule has 1 N–H and O–H groups in total. The van der Waals surface area contributed by atoms with Gasteiger partial charge in [-0.05, 0) is 44.0 Å². The molecule has 2 rings (SSSR count). The van der Waals surface area contributed by atoms with Crippen LogP contribution < -0.4 is 9.62 Å². The monoisotopic (exact) mass is 316 g/mol. The Morgan fingerprint density at radius 1 is 1.35 bits per heavy atom. The van der Waals surface area contributed by atoms with Gasteiger partial charge < -0.3 is 5.32 Å². The van der Waals surface area contributed by atoms with Crippen LogP contribution in [0.5, 0.6) is 0 Å². The van der Waals surface area contributed by atoms with Crippen LogP contribution in [0.15, 0.2) is 24.3 Å². The summed E-state index contributed by atoms with van der Waals surface area (Å²) in [5.41, 5.74) is 0.426. The second kappa shape index (κ2) is 5.61. The highest BCUT2D eigenvalue weighted by Crippen LogP contribution is 2.24. The van der Waals surface area contributed by atoms with Crippen LogP contribution in [-0.2, 0) is 14.8 Å². The van der Waals surface area contributed by atoms with Gasteiger partial charge in [-0.2, -0.15) is 0 Å². The van der Waals surface area contributed by atoms with Crippen molar-refractivity contribution in [2.75, 3.05) is 10.6 Å². The Bertz CT molecular complexity index is 597. The Balaban J connectivity index is 2.27. The number of sulfonamides is 1. The summed E-state index contributed by atoms with van der Waals surface area (Å²) in [6.07, 6.45) is 3.00. The fourth-order valence-electron chi connectivity index (χ4n) is 1.95. The van der Waals surface area contributed by atoms with Gasteiger partial charge in [-0.15, -0.1) is 0 Å². The number of halogens is 1. The Morgan fingerprint density at radius 3 is 2.35 bits per heavy atom. The van der Waals surface area contributed by atoms with E-state index < -0.39 is 16.1 Å². The molecule has 0 unspecified atom stereocenters. The van der Waals surface area contributed by atoms with Gasteiger partial charge in [0, 0.05) is 11.1 Å². The fraction of sp³-hybridized carbons (Fsp3) is 0.462. The van der Waals surface area contributed by atoms with Gasteiger partial charge in [0.2, 0.25) is 15.9 Å². The number of hydrogen-bond donors (Lipinski definition) is 1. The highest BCUT2D eigenvalue weighted by atomic mass is 35.5. The molecule has 1 aromatic carbocycles. The normalized spacial score (nSPS) is 16.6. The van der Waals surface area contributed by atoms with Gasteiger partial charge in [-0.1, -0.05) is 11.6 Å². The van der Waals surface area contributed by atoms with Gasteiger partial charge in [0.05, 0.1) is 11.9 Å². The lowest BCUT2D eigenvalue weighted by Crippen LogP contribution is -2.48. The smallest absolute Gasteiger partial charge is 0.243 e. The molecule has 1 amide bonds. The lowest BCUT2D eigenvalue weighted by atomic mass is 10.2. The number of anilines is 1. The number of nitrogens with zero attached hydrogens (tertiary/aromatic N) is 1. The summed E-state index contributed by atoms with van der Waals surface area (Å²) in [4.78, 5) is 12.1. The molecule has 0 bridgehead atoms. The van der Waals surface area contributed by atoms with E-state index in [-0.39, 0.29) is 11.9 Å². The van der Waals surface area contributed by atoms with Gasteiger partial charge >= 0.3 is 0 Å². The summed E-state index contributed by atoms with van der Waals surface area (Å²) in [6, 6.07) is 5.76. The van der Waals surface area contributed by atoms with Crippen molar-refractivity contribution in [3.05, 3.63) is 29.3 Å². The van der Waals surface area contributed by atoms with Crippen molar-refractivity contribution in [2.24, 2.45) is 0 Å². The SMILES string of the molecule is C[C@@H](C(=O)NC1CC1)N(c1ccc(Cl)cc1)S(C)(=O)=O. The van der Waals surface area contributed by atoms with Crippen LogP contribution in [0.4, 0.5) is 5.69 Å². The summed E-state index contributed by atoms with van der Waals surface area (Å²) >= 11 is 5.80. The first kappa shape index (κ1) is 15.1. The lowest BCUT2D eigenvalue weighted by Gasteiger charge is -2.28. The second-order valence-electron chi connectivity index (χ2n) is 4.99. The van der Waals surface area contributed by atoms with E-state index in [4.69, 9.17) is 11.6 Å². The quantitative estimate of drug-likeness (QED) is 0.900. The minimum absolute atomic E-state index is 0.191. The second-order valence-corrected chi connectivity index (χ2v) is 7.29. The Labute approximate surface area is 124 Å². The van der Waals surface area contributed by atoms with Crippen LogP contribution in [0.2, 0.25) is 5.02 Å². The van der Waals surface area contributed by atoms with E-state index in [0.29, 0.717) is 10.7 Å². The van der Waals surface area contributed by atoms with Crippen LogP contribution in [0, 0.1) is 0 Å². The molecule has 1 saturated carbocycles. The van der Waals surface area contributed by atoms with E-state index >= 15 is 0 Å². The number of amides is 1. The number of carbonyl (C=O) groups excluding carboxylic acids is 1. The predicted octanol–water partition coefficient (Wildman–Crippen LogP) is 1.77. The largest absolute Gasteiger partial charge is 0.352 e. The topological polar surface area (TPSA) is 66.5 Å². The average Bonchev–Trinajstić information content (AvgIpc) is 3.14. The summed E-state index contributed by atoms with van der Waals surface area (Å²) in [6.45, 7) is 1.58. The molecule has 1 atom stereocenters. The maximum atomic E-state index is 12.1. The molecule has 0 aliphatic heterocycles. The summed E-state index contributed by atoms with van der Waals surface area (Å²) in [7, 11) is -3.56. The van der Waals surface area contributed by atoms with Crippen molar-refractivity contribution in [3.8, 4) is 0 Å². The highest BCUT2D eigenvalue weighted by molar-refractivity contribution is 7.92. The Hall–Kier alpha value is -1.27. The predicted molar refractivity (Wildman–Crippen MR) is 79.4 cm³/mol. The zero-order valence-electron chi connectivity index (χ0n) is 11.3. The third-order valence-corrected chi connectivity index (χ3v) is 4.59. The van der Waals surface area contributed by atoms with Gasteiger partial charge in [0.15, 0.2) is 0 Å². The van der Waals surface area contributed by atoms with Gasteiger partial charge in [0.1, 0.15) is 6.04 Å². The molecule has 0 radical (unpaired) electrons. The molecule has 0 heterocycles. The van der Waals surface area contributed by atoms with Gasteiger partial charge in [-0.3, -0.25) is 9.10 Å². The molecular weight excluding hydrogens is 300 g/mol. The first-order valence-electron chi connectivity index (χ1n) is 6.34. The molecular formula is C13H17ClN2O3S. The van der Waals surface area contributed by atoms with E-state index in [1.54, 1.807) is 31.2 Å². The van der Waals surface area contributed by atoms with Crippen LogP contribution in [0.3, 0.4) is 0 Å². The zero-order valence-corrected chi connectivity index (χ0v) is 12.9. The lowest BCUT2D eigenvalue weighted by molar-refractivity contribution is -0.121. The summed E-state index contributed by atoms with van der Waals surface area (Å²) in [5, 5.41) is 3.33. The summed E-state index contributed by atoms with van der Waals surface area (Å²) < 4.78 is 25.1. The molecule has 7 heteroatoms. The molecule has 0 saturated heterocycles. The maximum Gasteiger partial charge on any atom is 0.243 e. The highest BCUT2D eigenvalue weighted by Gasteiger charge is 2.32. The van der Waals surface area contributed by atoms with Crippen molar-refractivity contribution < 1.29 is 13.2 Å². The molecule has 1 aliphatic carbocycles. The fourth-order valence-corrected chi connectivity index (χ4v) is 3.25. The van der Waals surface area contributed by atoms with Crippen LogP contribution in [0.1, 0.15) is 19.8 Å². The van der Waals surface area contributed by atoms with Crippen LogP contribution in [-0.4, -0.2) is 32.7 Å². The van der Waals surface area contributed by atoms with Gasteiger partial charge in [-0.25, -0.2) is 8.42 Å². The molecule has 5 nitrogen and oxygen atoms in total. The van der Waals surface area contributed by atoms with E-state index in [1.807, 2.05) is 0 Å². The Kier molecular flexibility index (Phi) is 4.25. The minimum atomic E-state index is -3.56. The molecule has 110 valence electrons. The van der Waals surface area contributed by atoms with E-state index in [1.165, 1.54) is 0 Å². The van der Waals surface area contributed by atoms with Crippen molar-refractivity contribution in [1.29, 1.82) is 0 Å². The van der Waals surface area contributed by atoms with Crippen LogP contribution >= 0.6 is 11.6 Å². The maximum absolute atomic E-state index is 12.1. The Morgan fingerprint density at radius 2 is 1.90 bits per heavy atom. The average molecular weight is 317 g/mol. The minimum Gasteiger partial charge on any atom is -0.352 e. The zero-order chi connectivity index (χ0) is 14.9. The van der Waals surface area contributed by atoms with Crippen molar-refractivity contribution in [1.82, 2.24) is 5.32 Å². The third kappa shape index (κ3) is 3.64. The van der Waals surface area contributed by atoms with E-state index in [9.17, 15) is 13.2 Å². The number of carbonyl (C=O) groups is 1. The molecule has 0 aromatic heterocycles. The third-order valence-electron chi connectivity index (χ3n) is 3.09. The summed E-state index contributed by atoms with van der Waals surface area (Å²) in [5.74, 6) is -0.284.